The highest BCUT2D eigenvalue weighted by Crippen LogP contribution is 2.41. The average Bonchev–Trinajstić information content (AvgIpc) is 2.77. The van der Waals surface area contributed by atoms with E-state index in [1.54, 1.807) is 11.3 Å². The van der Waals surface area contributed by atoms with Gasteiger partial charge in [0.15, 0.2) is 5.13 Å². The number of thiazole rings is 1. The van der Waals surface area contributed by atoms with Crippen LogP contribution in [-0.2, 0) is 0 Å². The molecule has 1 aliphatic carbocycles. The number of hydrogen-bond donors (Lipinski definition) is 0. The van der Waals surface area contributed by atoms with Crippen LogP contribution < -0.4 is 4.90 Å². The lowest BCUT2D eigenvalue weighted by molar-refractivity contribution is 0.553. The van der Waals surface area contributed by atoms with Gasteiger partial charge in [-0.3, -0.25) is 0 Å². The first kappa shape index (κ1) is 8.24. The Morgan fingerprint density at radius 3 is 3.00 bits per heavy atom. The predicted molar refractivity (Wildman–Crippen MR) is 58.3 cm³/mol. The number of fused-ring (bicyclic) bond motifs is 2. The van der Waals surface area contributed by atoms with Crippen LogP contribution in [0.2, 0.25) is 0 Å². The second-order valence-electron chi connectivity index (χ2n) is 3.94. The molecule has 13 heavy (non-hydrogen) atoms. The Kier molecular flexibility index (Phi) is 1.87. The van der Waals surface area contributed by atoms with E-state index in [0.29, 0.717) is 0 Å². The lowest BCUT2D eigenvalue weighted by Gasteiger charge is -2.26. The second kappa shape index (κ2) is 2.95. The number of halogens is 1. The highest BCUT2D eigenvalue weighted by atomic mass is 79.9. The molecule has 0 amide bonds. The number of aromatic nitrogens is 1. The maximum Gasteiger partial charge on any atom is 0.186 e. The lowest BCUT2D eigenvalue weighted by atomic mass is 10.1. The summed E-state index contributed by atoms with van der Waals surface area (Å²) in [6.07, 6.45) is 4.22. The molecule has 0 N–H and O–H groups in total. The third-order valence-electron chi connectivity index (χ3n) is 3.12. The quantitative estimate of drug-likeness (QED) is 0.770. The van der Waals surface area contributed by atoms with Gasteiger partial charge in [-0.25, -0.2) is 4.98 Å². The fourth-order valence-electron chi connectivity index (χ4n) is 2.54. The van der Waals surface area contributed by atoms with Crippen LogP contribution in [0.3, 0.4) is 0 Å². The van der Waals surface area contributed by atoms with Gasteiger partial charge in [-0.1, -0.05) is 0 Å². The van der Waals surface area contributed by atoms with Crippen molar-refractivity contribution in [2.24, 2.45) is 5.92 Å². The first-order valence-corrected chi connectivity index (χ1v) is 6.38. The van der Waals surface area contributed by atoms with Gasteiger partial charge in [0.2, 0.25) is 0 Å². The fraction of sp³-hybridized carbons (Fsp3) is 0.667. The Labute approximate surface area is 90.1 Å². The maximum absolute atomic E-state index is 4.47. The molecule has 1 aromatic heterocycles. The van der Waals surface area contributed by atoms with E-state index in [-0.39, 0.29) is 0 Å². The molecule has 0 aromatic carbocycles. The minimum Gasteiger partial charge on any atom is -0.345 e. The first-order chi connectivity index (χ1) is 6.33. The van der Waals surface area contributed by atoms with Crippen LogP contribution in [0, 0.1) is 5.92 Å². The number of hydrogen-bond acceptors (Lipinski definition) is 3. The highest BCUT2D eigenvalue weighted by molar-refractivity contribution is 9.10. The van der Waals surface area contributed by atoms with E-state index in [1.165, 1.54) is 30.9 Å². The summed E-state index contributed by atoms with van der Waals surface area (Å²) in [5.74, 6) is 0.952. The minimum absolute atomic E-state index is 0.794. The monoisotopic (exact) mass is 258 g/mol. The summed E-state index contributed by atoms with van der Waals surface area (Å²) in [5.41, 5.74) is 0. The van der Waals surface area contributed by atoms with Crippen molar-refractivity contribution >= 4 is 32.4 Å². The van der Waals surface area contributed by atoms with Crippen LogP contribution in [0.15, 0.2) is 9.98 Å². The molecular weight excluding hydrogens is 248 g/mol. The van der Waals surface area contributed by atoms with Crippen LogP contribution in [0.5, 0.6) is 0 Å². The van der Waals surface area contributed by atoms with E-state index in [1.807, 2.05) is 0 Å². The third-order valence-corrected chi connectivity index (χ3v) is 4.71. The molecule has 2 aliphatic rings. The molecule has 2 heterocycles. The number of anilines is 1. The summed E-state index contributed by atoms with van der Waals surface area (Å²) in [4.78, 5) is 6.96. The summed E-state index contributed by atoms with van der Waals surface area (Å²) >= 11 is 5.16. The smallest absolute Gasteiger partial charge is 0.186 e. The highest BCUT2D eigenvalue weighted by Gasteiger charge is 2.38. The van der Waals surface area contributed by atoms with Crippen molar-refractivity contribution in [1.29, 1.82) is 0 Å². The zero-order valence-corrected chi connectivity index (χ0v) is 9.64. The van der Waals surface area contributed by atoms with Gasteiger partial charge in [-0.2, -0.15) is 0 Å². The van der Waals surface area contributed by atoms with Crippen LogP contribution in [0.25, 0.3) is 0 Å². The molecule has 2 nitrogen and oxygen atoms in total. The molecule has 2 fully saturated rings. The number of nitrogens with zero attached hydrogens (tertiary/aromatic N) is 2. The van der Waals surface area contributed by atoms with Gasteiger partial charge >= 0.3 is 0 Å². The van der Waals surface area contributed by atoms with E-state index in [0.717, 1.165) is 16.6 Å². The molecule has 1 aromatic rings. The average molecular weight is 259 g/mol. The van der Waals surface area contributed by atoms with Crippen LogP contribution >= 0.6 is 27.3 Å². The molecule has 3 rings (SSSR count). The van der Waals surface area contributed by atoms with Gasteiger partial charge in [-0.05, 0) is 41.1 Å². The Morgan fingerprint density at radius 1 is 1.54 bits per heavy atom. The van der Waals surface area contributed by atoms with Crippen molar-refractivity contribution < 1.29 is 0 Å². The normalized spacial score (nSPS) is 31.6. The van der Waals surface area contributed by atoms with Gasteiger partial charge in [0.25, 0.3) is 0 Å². The van der Waals surface area contributed by atoms with Crippen molar-refractivity contribution in [2.75, 3.05) is 11.4 Å². The zero-order valence-electron chi connectivity index (χ0n) is 7.24. The molecule has 1 saturated carbocycles. The standard InChI is InChI=1S/C9H11BrN2S/c10-8-5-13-9(11-8)12-4-6-1-2-7(12)3-6/h5-7H,1-4H2. The Bertz CT molecular complexity index is 325. The first-order valence-electron chi connectivity index (χ1n) is 4.70. The van der Waals surface area contributed by atoms with Gasteiger partial charge < -0.3 is 4.90 Å². The number of rotatable bonds is 1. The van der Waals surface area contributed by atoms with Crippen molar-refractivity contribution in [1.82, 2.24) is 4.98 Å². The largest absolute Gasteiger partial charge is 0.345 e. The Balaban J connectivity index is 1.87. The molecule has 1 aliphatic heterocycles. The third kappa shape index (κ3) is 1.31. The van der Waals surface area contributed by atoms with Crippen LogP contribution in [-0.4, -0.2) is 17.6 Å². The summed E-state index contributed by atoms with van der Waals surface area (Å²) in [6, 6.07) is 0.794. The van der Waals surface area contributed by atoms with Gasteiger partial charge in [-0.15, -0.1) is 11.3 Å². The van der Waals surface area contributed by atoms with Gasteiger partial charge in [0.1, 0.15) is 4.60 Å². The van der Waals surface area contributed by atoms with Crippen molar-refractivity contribution in [2.45, 2.75) is 25.3 Å². The predicted octanol–water partition coefficient (Wildman–Crippen LogP) is 2.89. The van der Waals surface area contributed by atoms with Crippen LogP contribution in [0.4, 0.5) is 5.13 Å². The van der Waals surface area contributed by atoms with Crippen LogP contribution in [0.1, 0.15) is 19.3 Å². The number of piperidine rings is 1. The molecule has 4 heteroatoms. The SMILES string of the molecule is Brc1csc(N2CC3CCC2C3)n1. The molecule has 1 saturated heterocycles. The maximum atomic E-state index is 4.47. The zero-order chi connectivity index (χ0) is 8.84. The molecule has 70 valence electrons. The van der Waals surface area contributed by atoms with Gasteiger partial charge in [0.05, 0.1) is 0 Å². The summed E-state index contributed by atoms with van der Waals surface area (Å²) in [7, 11) is 0. The lowest BCUT2D eigenvalue weighted by Crippen LogP contribution is -2.31. The summed E-state index contributed by atoms with van der Waals surface area (Å²) < 4.78 is 0.982. The Hall–Kier alpha value is -0.0900. The second-order valence-corrected chi connectivity index (χ2v) is 5.59. The van der Waals surface area contributed by atoms with E-state index in [2.05, 4.69) is 31.2 Å². The fourth-order valence-corrected chi connectivity index (χ4v) is 3.87. The Morgan fingerprint density at radius 2 is 2.46 bits per heavy atom. The van der Waals surface area contributed by atoms with E-state index in [4.69, 9.17) is 0 Å². The molecule has 2 atom stereocenters. The van der Waals surface area contributed by atoms with Gasteiger partial charge in [0, 0.05) is 18.0 Å². The minimum atomic E-state index is 0.794. The summed E-state index contributed by atoms with van der Waals surface area (Å²) in [6.45, 7) is 1.24. The molecule has 0 spiro atoms. The van der Waals surface area contributed by atoms with Crippen molar-refractivity contribution in [3.63, 3.8) is 0 Å². The topological polar surface area (TPSA) is 16.1 Å². The van der Waals surface area contributed by atoms with Crippen molar-refractivity contribution in [3.05, 3.63) is 9.98 Å². The molecule has 0 radical (unpaired) electrons. The molecule has 2 unspecified atom stereocenters. The molecule has 2 bridgehead atoms. The van der Waals surface area contributed by atoms with E-state index >= 15 is 0 Å². The molecular formula is C9H11BrN2S. The van der Waals surface area contributed by atoms with Crippen molar-refractivity contribution in [3.8, 4) is 0 Å². The van der Waals surface area contributed by atoms with E-state index in [9.17, 15) is 0 Å². The summed E-state index contributed by atoms with van der Waals surface area (Å²) in [5, 5.41) is 3.28. The van der Waals surface area contributed by atoms with E-state index < -0.39 is 0 Å².